The number of alkyl halides is 1. The van der Waals surface area contributed by atoms with Crippen LogP contribution in [-0.2, 0) is 17.0 Å². The van der Waals surface area contributed by atoms with Gasteiger partial charge in [-0.3, -0.25) is 0 Å². The number of halogens is 2. The van der Waals surface area contributed by atoms with Crippen LogP contribution in [0.5, 0.6) is 0 Å². The molecule has 0 N–H and O–H groups in total. The fourth-order valence-electron chi connectivity index (χ4n) is 2.39. The molecule has 2 atom stereocenters. The molecule has 2 rings (SSSR count). The molecular formula is C20H26Cl2P2PdS2. The topological polar surface area (TPSA) is 0 Å². The van der Waals surface area contributed by atoms with Gasteiger partial charge in [0, 0.05) is 0 Å². The van der Waals surface area contributed by atoms with Gasteiger partial charge < -0.3 is 0 Å². The number of hydrogen-bond acceptors (Lipinski definition) is 2. The van der Waals surface area contributed by atoms with Gasteiger partial charge in [-0.1, -0.05) is 0 Å². The molecule has 0 aromatic heterocycles. The monoisotopic (exact) mass is 568 g/mol. The first kappa shape index (κ1) is 24.5. The SMILES string of the molecule is CCCSc1ccccc1PC(Cl)([CH2][Pd][Cl])Pc1ccccc1SCCC. The summed E-state index contributed by atoms with van der Waals surface area (Å²) < 4.78 is -0.276. The van der Waals surface area contributed by atoms with E-state index in [0.29, 0.717) is 17.2 Å². The minimum absolute atomic E-state index is 0.151. The molecule has 0 fully saturated rings. The average Bonchev–Trinajstić information content (AvgIpc) is 2.66. The third-order valence-electron chi connectivity index (χ3n) is 3.56. The van der Waals surface area contributed by atoms with Crippen LogP contribution in [0, 0.1) is 0 Å². The van der Waals surface area contributed by atoms with E-state index in [1.54, 1.807) is 0 Å². The molecule has 0 saturated heterocycles. The van der Waals surface area contributed by atoms with Gasteiger partial charge in [0.15, 0.2) is 0 Å². The molecule has 2 unspecified atom stereocenters. The van der Waals surface area contributed by atoms with Crippen LogP contribution in [0.2, 0.25) is 4.89 Å². The Hall–Kier alpha value is 1.24. The number of rotatable bonds is 12. The first-order valence-electron chi connectivity index (χ1n) is 8.94. The summed E-state index contributed by atoms with van der Waals surface area (Å²) >= 11 is 11.3. The average molecular weight is 570 g/mol. The Morgan fingerprint density at radius 3 is 1.70 bits per heavy atom. The van der Waals surface area contributed by atoms with E-state index in [0.717, 1.165) is 16.4 Å². The van der Waals surface area contributed by atoms with Gasteiger partial charge in [-0.2, -0.15) is 0 Å². The van der Waals surface area contributed by atoms with Crippen molar-refractivity contribution in [2.45, 2.75) is 45.7 Å². The van der Waals surface area contributed by atoms with Gasteiger partial charge in [0.25, 0.3) is 0 Å². The maximum absolute atomic E-state index is 7.25. The molecule has 0 radical (unpaired) electrons. The molecule has 152 valence electrons. The summed E-state index contributed by atoms with van der Waals surface area (Å²) in [7, 11) is 7.36. The van der Waals surface area contributed by atoms with Crippen molar-refractivity contribution < 1.29 is 17.0 Å². The molecule has 0 heterocycles. The molecule has 7 heteroatoms. The first-order chi connectivity index (χ1) is 13.1. The minimum atomic E-state index is -0.276. The molecule has 2 aromatic carbocycles. The Morgan fingerprint density at radius 2 is 1.30 bits per heavy atom. The standard InChI is InChI=1S/C20H26ClP2S2.ClH.Pd/c1-4-14-24-18-12-8-6-10-16(18)22-20(3,21)23-17-11-7-9-13-19(17)25-15-5-2;;/h6-13,22-23H,3-5,14-15H2,1-2H3;1H;/q;;+1/p-1. The number of hydrogen-bond donors (Lipinski definition) is 0. The molecule has 27 heavy (non-hydrogen) atoms. The molecule has 0 spiro atoms. The van der Waals surface area contributed by atoms with Crippen LogP contribution in [-0.4, -0.2) is 15.9 Å². The molecule has 0 amide bonds. The number of benzene rings is 2. The normalized spacial score (nSPS) is 14.5. The van der Waals surface area contributed by atoms with Crippen LogP contribution in [0.3, 0.4) is 0 Å². The molecule has 0 saturated carbocycles. The predicted octanol–water partition coefficient (Wildman–Crippen LogP) is 7.55. The summed E-state index contributed by atoms with van der Waals surface area (Å²) in [4.78, 5) is 3.63. The van der Waals surface area contributed by atoms with Crippen molar-refractivity contribution in [2.24, 2.45) is 0 Å². The summed E-state index contributed by atoms with van der Waals surface area (Å²) in [6.07, 6.45) is 2.37. The van der Waals surface area contributed by atoms with E-state index >= 15 is 0 Å². The molecular weight excluding hydrogens is 544 g/mol. The zero-order valence-corrected chi connectivity index (χ0v) is 22.2. The predicted molar refractivity (Wildman–Crippen MR) is 130 cm³/mol. The third kappa shape index (κ3) is 8.48. The summed E-state index contributed by atoms with van der Waals surface area (Å²) in [5, 5.41) is 2.77. The van der Waals surface area contributed by atoms with Crippen molar-refractivity contribution >= 4 is 72.4 Å². The van der Waals surface area contributed by atoms with E-state index in [4.69, 9.17) is 21.1 Å². The van der Waals surface area contributed by atoms with Gasteiger partial charge in [-0.25, -0.2) is 0 Å². The van der Waals surface area contributed by atoms with E-state index in [1.165, 1.54) is 33.2 Å². The first-order valence-corrected chi connectivity index (χ1v) is 16.4. The summed E-state index contributed by atoms with van der Waals surface area (Å²) in [6, 6.07) is 17.5. The molecule has 0 bridgehead atoms. The van der Waals surface area contributed by atoms with Gasteiger partial charge in [0.05, 0.1) is 0 Å². The zero-order chi connectivity index (χ0) is 19.5. The van der Waals surface area contributed by atoms with Crippen molar-refractivity contribution in [3.63, 3.8) is 0 Å². The van der Waals surface area contributed by atoms with Gasteiger partial charge in [0.1, 0.15) is 0 Å². The molecule has 0 aliphatic heterocycles. The van der Waals surface area contributed by atoms with Crippen molar-refractivity contribution in [1.82, 2.24) is 0 Å². The fraction of sp³-hybridized carbons (Fsp3) is 0.400. The Bertz CT molecular complexity index is 650. The van der Waals surface area contributed by atoms with Crippen LogP contribution < -0.4 is 10.6 Å². The van der Waals surface area contributed by atoms with E-state index < -0.39 is 0 Å². The Balaban J connectivity index is 2.23. The van der Waals surface area contributed by atoms with Crippen molar-refractivity contribution in [3.8, 4) is 0 Å². The second-order valence-electron chi connectivity index (χ2n) is 5.94. The summed E-state index contributed by atoms with van der Waals surface area (Å²) in [5.41, 5.74) is 0. The summed E-state index contributed by atoms with van der Waals surface area (Å²) in [5.74, 6) is 2.29. The van der Waals surface area contributed by atoms with E-state index in [2.05, 4.69) is 62.4 Å². The Morgan fingerprint density at radius 1 is 0.852 bits per heavy atom. The van der Waals surface area contributed by atoms with Crippen LogP contribution in [0.15, 0.2) is 58.3 Å². The third-order valence-corrected chi connectivity index (χ3v) is 13.3. The van der Waals surface area contributed by atoms with Gasteiger partial charge >= 0.3 is 195 Å². The van der Waals surface area contributed by atoms with Crippen LogP contribution >= 0.6 is 61.8 Å². The van der Waals surface area contributed by atoms with E-state index in [9.17, 15) is 0 Å². The van der Waals surface area contributed by atoms with E-state index in [1.807, 2.05) is 23.5 Å². The van der Waals surface area contributed by atoms with E-state index in [-0.39, 0.29) is 21.3 Å². The van der Waals surface area contributed by atoms with Gasteiger partial charge in [-0.15, -0.1) is 0 Å². The second kappa shape index (κ2) is 13.5. The molecule has 2 aromatic rings. The van der Waals surface area contributed by atoms with Crippen LogP contribution in [0.1, 0.15) is 26.7 Å². The quantitative estimate of drug-likeness (QED) is 0.112. The zero-order valence-electron chi connectivity index (χ0n) is 15.5. The van der Waals surface area contributed by atoms with Crippen LogP contribution in [0.25, 0.3) is 0 Å². The van der Waals surface area contributed by atoms with Crippen LogP contribution in [0.4, 0.5) is 0 Å². The summed E-state index contributed by atoms with van der Waals surface area (Å²) in [6.45, 7) is 4.46. The number of thioether (sulfide) groups is 2. The van der Waals surface area contributed by atoms with Gasteiger partial charge in [-0.05, 0) is 0 Å². The van der Waals surface area contributed by atoms with Crippen molar-refractivity contribution in [3.05, 3.63) is 48.5 Å². The van der Waals surface area contributed by atoms with Crippen molar-refractivity contribution in [2.75, 3.05) is 11.5 Å². The molecule has 0 aliphatic rings. The molecule has 0 nitrogen and oxygen atoms in total. The van der Waals surface area contributed by atoms with Gasteiger partial charge in [0.2, 0.25) is 0 Å². The molecule has 0 aliphatic carbocycles. The Kier molecular flexibility index (Phi) is 12.3. The van der Waals surface area contributed by atoms with Crippen molar-refractivity contribution in [1.29, 1.82) is 0 Å². The Labute approximate surface area is 193 Å². The maximum atomic E-state index is 7.25. The second-order valence-corrected chi connectivity index (χ2v) is 15.2. The fourth-order valence-corrected chi connectivity index (χ4v) is 12.0.